The zero-order valence-corrected chi connectivity index (χ0v) is 13.9. The lowest BCUT2D eigenvalue weighted by Crippen LogP contribution is -2.56. The summed E-state index contributed by atoms with van der Waals surface area (Å²) < 4.78 is 10.5. The number of hydrogen-bond donors (Lipinski definition) is 1. The lowest BCUT2D eigenvalue weighted by molar-refractivity contribution is -0.241. The molecule has 0 saturated carbocycles. The Kier molecular flexibility index (Phi) is 9.01. The maximum absolute atomic E-state index is 11.1. The highest BCUT2D eigenvalue weighted by Crippen LogP contribution is 2.25. The number of hydrogen-bond acceptors (Lipinski definition) is 5. The van der Waals surface area contributed by atoms with Gasteiger partial charge in [0.05, 0.1) is 12.1 Å². The number of aliphatic hydroxyl groups is 1. The molecule has 5 heteroatoms. The van der Waals surface area contributed by atoms with Crippen LogP contribution in [0, 0.1) is 5.92 Å². The third kappa shape index (κ3) is 6.20. The maximum Gasteiger partial charge on any atom is 0.303 e. The van der Waals surface area contributed by atoms with Crippen molar-refractivity contribution in [3.05, 3.63) is 0 Å². The summed E-state index contributed by atoms with van der Waals surface area (Å²) in [5.74, 6) is 0.128. The average Bonchev–Trinajstić information content (AvgIpc) is 2.33. The van der Waals surface area contributed by atoms with Crippen molar-refractivity contribution in [3.63, 3.8) is 0 Å². The molecule has 0 aromatic heterocycles. The Morgan fingerprint density at radius 3 is 2.50 bits per heavy atom. The third-order valence-corrected chi connectivity index (χ3v) is 3.13. The lowest BCUT2D eigenvalue weighted by Gasteiger charge is -2.42. The number of ether oxygens (including phenoxy) is 2. The summed E-state index contributed by atoms with van der Waals surface area (Å²) in [7, 11) is 1.99. The predicted molar refractivity (Wildman–Crippen MR) is 81.4 cm³/mol. The second kappa shape index (κ2) is 9.32. The molecule has 1 fully saturated rings. The number of nitrogens with zero attached hydrogens (tertiary/aromatic N) is 1. The Labute approximate surface area is 124 Å². The molecule has 5 nitrogen and oxygen atoms in total. The minimum Gasteiger partial charge on any atom is -0.455 e. The molecular weight excluding hydrogens is 258 g/mol. The van der Waals surface area contributed by atoms with Gasteiger partial charge in [0.25, 0.3) is 0 Å². The Bertz CT molecular complexity index is 289. The van der Waals surface area contributed by atoms with E-state index >= 15 is 0 Å². The molecule has 0 aliphatic carbocycles. The van der Waals surface area contributed by atoms with E-state index in [1.165, 1.54) is 6.92 Å². The molecule has 20 heavy (non-hydrogen) atoms. The molecule has 1 rings (SSSR count). The average molecular weight is 291 g/mol. The molecule has 0 amide bonds. The summed E-state index contributed by atoms with van der Waals surface area (Å²) in [6.45, 7) is 12.4. The van der Waals surface area contributed by atoms with Gasteiger partial charge in [0.2, 0.25) is 0 Å². The molecular formula is C15H33NO4. The van der Waals surface area contributed by atoms with E-state index in [2.05, 4.69) is 18.7 Å². The SMILES string of the molecule is CC.CC(=O)O[C@H]1C(O)O[C@H](C)CC1N(C)CC(C)C.[HH]. The zero-order valence-electron chi connectivity index (χ0n) is 13.9. The molecule has 1 N–H and O–H groups in total. The molecule has 1 saturated heterocycles. The van der Waals surface area contributed by atoms with Crippen molar-refractivity contribution in [1.29, 1.82) is 0 Å². The van der Waals surface area contributed by atoms with Gasteiger partial charge in [-0.15, -0.1) is 0 Å². The molecule has 0 radical (unpaired) electrons. The first-order valence-corrected chi connectivity index (χ1v) is 7.52. The Balaban J connectivity index is 0. The van der Waals surface area contributed by atoms with Crippen molar-refractivity contribution in [2.24, 2.45) is 5.92 Å². The van der Waals surface area contributed by atoms with Gasteiger partial charge < -0.3 is 14.6 Å². The van der Waals surface area contributed by atoms with Crippen molar-refractivity contribution < 1.29 is 20.8 Å². The second-order valence-electron chi connectivity index (χ2n) is 5.55. The zero-order chi connectivity index (χ0) is 15.9. The van der Waals surface area contributed by atoms with Gasteiger partial charge in [0, 0.05) is 14.9 Å². The second-order valence-corrected chi connectivity index (χ2v) is 5.55. The smallest absolute Gasteiger partial charge is 0.303 e. The van der Waals surface area contributed by atoms with E-state index in [9.17, 15) is 9.90 Å². The van der Waals surface area contributed by atoms with Crippen LogP contribution < -0.4 is 0 Å². The van der Waals surface area contributed by atoms with Crippen LogP contribution in [0.5, 0.6) is 0 Å². The van der Waals surface area contributed by atoms with E-state index in [0.717, 1.165) is 13.0 Å². The minimum atomic E-state index is -1.04. The predicted octanol–water partition coefficient (Wildman–Crippen LogP) is 2.27. The van der Waals surface area contributed by atoms with Crippen molar-refractivity contribution >= 4 is 5.97 Å². The molecule has 1 aliphatic rings. The molecule has 0 spiro atoms. The van der Waals surface area contributed by atoms with Crippen LogP contribution in [-0.2, 0) is 14.3 Å². The van der Waals surface area contributed by atoms with Gasteiger partial charge in [0.1, 0.15) is 0 Å². The standard InChI is InChI=1S/C13H25NO4.C2H6.H2/c1-8(2)7-14(5)11-6-9(3)17-13(16)12(11)18-10(4)15;1-2;/h8-9,11-13,16H,6-7H2,1-5H3;1-2H3;1H/t9-,11?,12-,13?;;/m1../s1. The topological polar surface area (TPSA) is 59.0 Å². The highest BCUT2D eigenvalue weighted by Gasteiger charge is 2.40. The first kappa shape index (κ1) is 19.4. The first-order valence-electron chi connectivity index (χ1n) is 7.52. The van der Waals surface area contributed by atoms with E-state index in [-0.39, 0.29) is 19.5 Å². The fourth-order valence-electron chi connectivity index (χ4n) is 2.51. The molecule has 0 aromatic rings. The normalized spacial score (nSPS) is 29.9. The fraction of sp³-hybridized carbons (Fsp3) is 0.933. The van der Waals surface area contributed by atoms with Crippen LogP contribution >= 0.6 is 0 Å². The van der Waals surface area contributed by atoms with Crippen LogP contribution in [0.3, 0.4) is 0 Å². The third-order valence-electron chi connectivity index (χ3n) is 3.13. The lowest BCUT2D eigenvalue weighted by atomic mass is 9.98. The summed E-state index contributed by atoms with van der Waals surface area (Å²) in [5.41, 5.74) is 0. The number of esters is 1. The van der Waals surface area contributed by atoms with E-state index in [0.29, 0.717) is 5.92 Å². The molecule has 0 aromatic carbocycles. The van der Waals surface area contributed by atoms with Gasteiger partial charge in [-0.3, -0.25) is 9.69 Å². The van der Waals surface area contributed by atoms with Crippen LogP contribution in [0.4, 0.5) is 0 Å². The van der Waals surface area contributed by atoms with Gasteiger partial charge in [-0.2, -0.15) is 0 Å². The fourth-order valence-corrected chi connectivity index (χ4v) is 2.51. The molecule has 4 atom stereocenters. The minimum absolute atomic E-state index is 0. The molecule has 122 valence electrons. The number of carbonyl (C=O) groups is 1. The first-order chi connectivity index (χ1) is 9.31. The van der Waals surface area contributed by atoms with Crippen molar-refractivity contribution in [2.45, 2.75) is 72.5 Å². The van der Waals surface area contributed by atoms with E-state index in [1.807, 2.05) is 27.8 Å². The number of aliphatic hydroxyl groups excluding tert-OH is 1. The molecule has 1 heterocycles. The van der Waals surface area contributed by atoms with Gasteiger partial charge in [0.15, 0.2) is 12.4 Å². The largest absolute Gasteiger partial charge is 0.455 e. The van der Waals surface area contributed by atoms with Crippen LogP contribution in [0.2, 0.25) is 0 Å². The molecule has 1 aliphatic heterocycles. The number of carbonyl (C=O) groups excluding carboxylic acids is 1. The van der Waals surface area contributed by atoms with Crippen molar-refractivity contribution in [3.8, 4) is 0 Å². The Hall–Kier alpha value is -0.650. The van der Waals surface area contributed by atoms with Crippen LogP contribution in [-0.4, -0.2) is 54.1 Å². The molecule has 2 unspecified atom stereocenters. The summed E-state index contributed by atoms with van der Waals surface area (Å²) >= 11 is 0. The molecule has 0 bridgehead atoms. The number of likely N-dealkylation sites (N-methyl/N-ethyl adjacent to an activating group) is 1. The van der Waals surface area contributed by atoms with Gasteiger partial charge in [-0.05, 0) is 26.3 Å². The van der Waals surface area contributed by atoms with Gasteiger partial charge >= 0.3 is 5.97 Å². The van der Waals surface area contributed by atoms with Gasteiger partial charge in [-0.1, -0.05) is 27.7 Å². The highest BCUT2D eigenvalue weighted by molar-refractivity contribution is 5.66. The Morgan fingerprint density at radius 1 is 1.50 bits per heavy atom. The maximum atomic E-state index is 11.1. The summed E-state index contributed by atoms with van der Waals surface area (Å²) in [6, 6.07) is -0.00458. The van der Waals surface area contributed by atoms with E-state index in [4.69, 9.17) is 9.47 Å². The summed E-state index contributed by atoms with van der Waals surface area (Å²) in [4.78, 5) is 13.3. The Morgan fingerprint density at radius 2 is 2.05 bits per heavy atom. The highest BCUT2D eigenvalue weighted by atomic mass is 16.6. The monoisotopic (exact) mass is 291 g/mol. The number of rotatable bonds is 4. The van der Waals surface area contributed by atoms with Crippen molar-refractivity contribution in [2.75, 3.05) is 13.6 Å². The van der Waals surface area contributed by atoms with Crippen LogP contribution in [0.1, 0.15) is 49.4 Å². The van der Waals surface area contributed by atoms with E-state index < -0.39 is 12.4 Å². The van der Waals surface area contributed by atoms with Gasteiger partial charge in [-0.25, -0.2) is 0 Å². The van der Waals surface area contributed by atoms with Crippen LogP contribution in [0.25, 0.3) is 0 Å². The van der Waals surface area contributed by atoms with Crippen molar-refractivity contribution in [1.82, 2.24) is 4.90 Å². The van der Waals surface area contributed by atoms with E-state index in [1.54, 1.807) is 0 Å². The quantitative estimate of drug-likeness (QED) is 0.805. The van der Waals surface area contributed by atoms with Crippen LogP contribution in [0.15, 0.2) is 0 Å². The summed E-state index contributed by atoms with van der Waals surface area (Å²) in [6.07, 6.45) is -0.941. The summed E-state index contributed by atoms with van der Waals surface area (Å²) in [5, 5.41) is 9.92.